The number of carboxylic acids is 1. The molecule has 0 aliphatic heterocycles. The van der Waals surface area contributed by atoms with Gasteiger partial charge in [0.15, 0.2) is 0 Å². The van der Waals surface area contributed by atoms with E-state index in [1.165, 1.54) is 0 Å². The minimum atomic E-state index is -1.01. The maximum Gasteiger partial charge on any atom is 0.307 e. The number of aromatic nitrogens is 2. The fourth-order valence-electron chi connectivity index (χ4n) is 2.49. The van der Waals surface area contributed by atoms with Crippen molar-refractivity contribution in [3.8, 4) is 0 Å². The van der Waals surface area contributed by atoms with Crippen molar-refractivity contribution in [3.63, 3.8) is 0 Å². The zero-order valence-electron chi connectivity index (χ0n) is 12.3. The molecule has 0 unspecified atom stereocenters. The van der Waals surface area contributed by atoms with Gasteiger partial charge in [-0.25, -0.2) is 0 Å². The van der Waals surface area contributed by atoms with E-state index >= 15 is 0 Å². The standard InChI is InChI=1S/C17H13ClN2O3/c1-9-2-5-13(19-8-9)17(23)16-12(7-15(21)22)11-4-3-10(18)6-14(11)20-16/h2-6,8,20H,7H2,1H3,(H,21,22). The van der Waals surface area contributed by atoms with E-state index in [-0.39, 0.29) is 23.6 Å². The van der Waals surface area contributed by atoms with Crippen LogP contribution in [0.3, 0.4) is 0 Å². The van der Waals surface area contributed by atoms with Gasteiger partial charge in [0.25, 0.3) is 0 Å². The summed E-state index contributed by atoms with van der Waals surface area (Å²) in [5, 5.41) is 10.3. The largest absolute Gasteiger partial charge is 0.481 e. The number of nitrogens with one attached hydrogen (secondary N) is 1. The highest BCUT2D eigenvalue weighted by Crippen LogP contribution is 2.27. The topological polar surface area (TPSA) is 83.0 Å². The smallest absolute Gasteiger partial charge is 0.307 e. The molecule has 0 saturated carbocycles. The van der Waals surface area contributed by atoms with E-state index in [9.17, 15) is 9.59 Å². The Morgan fingerprint density at radius 2 is 2.04 bits per heavy atom. The second-order valence-electron chi connectivity index (χ2n) is 5.29. The van der Waals surface area contributed by atoms with Gasteiger partial charge in [-0.15, -0.1) is 0 Å². The number of benzene rings is 1. The first-order chi connectivity index (χ1) is 11.0. The second-order valence-corrected chi connectivity index (χ2v) is 5.73. The molecule has 0 fully saturated rings. The first-order valence-corrected chi connectivity index (χ1v) is 7.33. The Bertz CT molecular complexity index is 913. The minimum absolute atomic E-state index is 0.237. The fourth-order valence-corrected chi connectivity index (χ4v) is 2.66. The molecule has 2 heterocycles. The molecule has 3 rings (SSSR count). The Balaban J connectivity index is 2.16. The number of hydrogen-bond donors (Lipinski definition) is 2. The maximum absolute atomic E-state index is 12.7. The molecule has 5 nitrogen and oxygen atoms in total. The van der Waals surface area contributed by atoms with Crippen LogP contribution < -0.4 is 0 Å². The number of aliphatic carboxylic acids is 1. The Labute approximate surface area is 136 Å². The predicted octanol–water partition coefficient (Wildman–Crippen LogP) is 3.38. The minimum Gasteiger partial charge on any atom is -0.481 e. The van der Waals surface area contributed by atoms with Gasteiger partial charge >= 0.3 is 5.97 Å². The van der Waals surface area contributed by atoms with E-state index in [2.05, 4.69) is 9.97 Å². The van der Waals surface area contributed by atoms with Crippen LogP contribution in [0.15, 0.2) is 36.5 Å². The third-order valence-corrected chi connectivity index (χ3v) is 3.80. The summed E-state index contributed by atoms with van der Waals surface area (Å²) in [6.07, 6.45) is 1.35. The SMILES string of the molecule is Cc1ccc(C(=O)c2[nH]c3cc(Cl)ccc3c2CC(=O)O)nc1. The summed E-state index contributed by atoms with van der Waals surface area (Å²) in [6, 6.07) is 8.46. The van der Waals surface area contributed by atoms with Gasteiger partial charge in [-0.3, -0.25) is 14.6 Å². The fraction of sp³-hybridized carbons (Fsp3) is 0.118. The van der Waals surface area contributed by atoms with Gasteiger partial charge in [-0.1, -0.05) is 23.7 Å². The number of pyridine rings is 1. The van der Waals surface area contributed by atoms with Crippen molar-refractivity contribution < 1.29 is 14.7 Å². The molecular weight excluding hydrogens is 316 g/mol. The van der Waals surface area contributed by atoms with Crippen molar-refractivity contribution in [2.75, 3.05) is 0 Å². The molecule has 0 aliphatic carbocycles. The molecule has 0 atom stereocenters. The van der Waals surface area contributed by atoms with Crippen LogP contribution in [-0.2, 0) is 11.2 Å². The number of aromatic amines is 1. The number of ketones is 1. The lowest BCUT2D eigenvalue weighted by Gasteiger charge is -2.02. The molecule has 2 aromatic heterocycles. The highest BCUT2D eigenvalue weighted by atomic mass is 35.5. The average molecular weight is 329 g/mol. The lowest BCUT2D eigenvalue weighted by Crippen LogP contribution is -2.10. The zero-order chi connectivity index (χ0) is 16.6. The third-order valence-electron chi connectivity index (χ3n) is 3.57. The van der Waals surface area contributed by atoms with Crippen LogP contribution in [0.2, 0.25) is 5.02 Å². The summed E-state index contributed by atoms with van der Waals surface area (Å²) in [5.41, 5.74) is 2.51. The van der Waals surface area contributed by atoms with E-state index in [1.807, 2.05) is 6.92 Å². The molecule has 1 aromatic carbocycles. The number of rotatable bonds is 4. The number of H-pyrrole nitrogens is 1. The summed E-state index contributed by atoms with van der Waals surface area (Å²) in [6.45, 7) is 1.88. The first-order valence-electron chi connectivity index (χ1n) is 6.95. The maximum atomic E-state index is 12.7. The zero-order valence-corrected chi connectivity index (χ0v) is 13.0. The van der Waals surface area contributed by atoms with Crippen LogP contribution in [0.25, 0.3) is 10.9 Å². The molecular formula is C17H13ClN2O3. The molecule has 0 saturated heterocycles. The van der Waals surface area contributed by atoms with Crippen LogP contribution in [-0.4, -0.2) is 26.8 Å². The van der Waals surface area contributed by atoms with Crippen molar-refractivity contribution in [3.05, 3.63) is 64.1 Å². The molecule has 2 N–H and O–H groups in total. The van der Waals surface area contributed by atoms with Crippen molar-refractivity contribution in [2.45, 2.75) is 13.3 Å². The second kappa shape index (κ2) is 5.85. The number of fused-ring (bicyclic) bond motifs is 1. The predicted molar refractivity (Wildman–Crippen MR) is 87.1 cm³/mol. The van der Waals surface area contributed by atoms with E-state index < -0.39 is 5.97 Å². The van der Waals surface area contributed by atoms with Gasteiger partial charge in [-0.05, 0) is 30.7 Å². The lowest BCUT2D eigenvalue weighted by molar-refractivity contribution is -0.136. The van der Waals surface area contributed by atoms with Gasteiger partial charge < -0.3 is 10.1 Å². The van der Waals surface area contributed by atoms with Crippen molar-refractivity contribution in [1.82, 2.24) is 9.97 Å². The summed E-state index contributed by atoms with van der Waals surface area (Å²) in [7, 11) is 0. The molecule has 6 heteroatoms. The van der Waals surface area contributed by atoms with Crippen LogP contribution in [0.4, 0.5) is 0 Å². The normalized spacial score (nSPS) is 10.9. The molecule has 3 aromatic rings. The average Bonchev–Trinajstić information content (AvgIpc) is 2.84. The van der Waals surface area contributed by atoms with E-state index in [4.69, 9.17) is 16.7 Å². The number of aryl methyl sites for hydroxylation is 1. The lowest BCUT2D eigenvalue weighted by atomic mass is 10.0. The highest BCUT2D eigenvalue weighted by Gasteiger charge is 2.21. The van der Waals surface area contributed by atoms with Crippen molar-refractivity contribution in [2.24, 2.45) is 0 Å². The third kappa shape index (κ3) is 2.96. The van der Waals surface area contributed by atoms with Crippen LogP contribution in [0, 0.1) is 6.92 Å². The molecule has 0 amide bonds. The number of carbonyl (C=O) groups excluding carboxylic acids is 1. The number of hydrogen-bond acceptors (Lipinski definition) is 3. The Morgan fingerprint density at radius 1 is 1.26 bits per heavy atom. The number of halogens is 1. The Kier molecular flexibility index (Phi) is 3.88. The quantitative estimate of drug-likeness (QED) is 0.719. The van der Waals surface area contributed by atoms with Gasteiger partial charge in [-0.2, -0.15) is 0 Å². The van der Waals surface area contributed by atoms with Crippen molar-refractivity contribution >= 4 is 34.3 Å². The molecule has 0 spiro atoms. The molecule has 0 bridgehead atoms. The number of carbonyl (C=O) groups is 2. The van der Waals surface area contributed by atoms with E-state index in [1.54, 1.807) is 36.5 Å². The molecule has 23 heavy (non-hydrogen) atoms. The monoisotopic (exact) mass is 328 g/mol. The molecule has 116 valence electrons. The summed E-state index contributed by atoms with van der Waals surface area (Å²) < 4.78 is 0. The first kappa shape index (κ1) is 15.2. The summed E-state index contributed by atoms with van der Waals surface area (Å²) in [5.74, 6) is -1.35. The van der Waals surface area contributed by atoms with Crippen molar-refractivity contribution in [1.29, 1.82) is 0 Å². The highest BCUT2D eigenvalue weighted by molar-refractivity contribution is 6.31. The summed E-state index contributed by atoms with van der Waals surface area (Å²) in [4.78, 5) is 31.0. The summed E-state index contributed by atoms with van der Waals surface area (Å²) >= 11 is 5.97. The van der Waals surface area contributed by atoms with Crippen LogP contribution in [0.1, 0.15) is 27.3 Å². The Hall–Kier alpha value is -2.66. The molecule has 0 aliphatic rings. The van der Waals surface area contributed by atoms with E-state index in [0.717, 1.165) is 5.56 Å². The van der Waals surface area contributed by atoms with Crippen LogP contribution >= 0.6 is 11.6 Å². The van der Waals surface area contributed by atoms with Gasteiger partial charge in [0.05, 0.1) is 12.1 Å². The van der Waals surface area contributed by atoms with Crippen LogP contribution in [0.5, 0.6) is 0 Å². The van der Waals surface area contributed by atoms with E-state index in [0.29, 0.717) is 21.5 Å². The molecule has 0 radical (unpaired) electrons. The van der Waals surface area contributed by atoms with Gasteiger partial charge in [0.1, 0.15) is 5.69 Å². The number of carboxylic acid groups (broad SMARTS) is 1. The van der Waals surface area contributed by atoms with Gasteiger partial charge in [0, 0.05) is 27.7 Å². The van der Waals surface area contributed by atoms with Gasteiger partial charge in [0.2, 0.25) is 5.78 Å². The Morgan fingerprint density at radius 3 is 2.70 bits per heavy atom. The number of nitrogens with zero attached hydrogens (tertiary/aromatic N) is 1.